The number of amides is 1. The molecular formula is C23H21N3O3S. The van der Waals surface area contributed by atoms with Crippen molar-refractivity contribution in [3.8, 4) is 0 Å². The lowest BCUT2D eigenvalue weighted by Crippen LogP contribution is -2.49. The van der Waals surface area contributed by atoms with Gasteiger partial charge in [-0.3, -0.25) is 10.1 Å². The van der Waals surface area contributed by atoms with Gasteiger partial charge in [-0.25, -0.2) is 4.79 Å². The smallest absolute Gasteiger partial charge is 0.413 e. The maximum Gasteiger partial charge on any atom is 0.413 e. The number of ether oxygens (including phenoxy) is 1. The van der Waals surface area contributed by atoms with E-state index in [0.29, 0.717) is 17.6 Å². The van der Waals surface area contributed by atoms with E-state index in [1.807, 2.05) is 36.4 Å². The Labute approximate surface area is 180 Å². The Hall–Kier alpha value is -3.58. The summed E-state index contributed by atoms with van der Waals surface area (Å²) in [5, 5.41) is 13.9. The molecule has 1 unspecified atom stereocenters. The van der Waals surface area contributed by atoms with Crippen LogP contribution < -0.4 is 10.6 Å². The van der Waals surface area contributed by atoms with Crippen molar-refractivity contribution in [1.29, 1.82) is 5.41 Å². The molecular weight excluding hydrogens is 398 g/mol. The van der Waals surface area contributed by atoms with Gasteiger partial charge in [0.15, 0.2) is 10.9 Å². The second kappa shape index (κ2) is 9.76. The molecule has 0 heterocycles. The highest BCUT2D eigenvalue weighted by Gasteiger charge is 2.26. The quantitative estimate of drug-likeness (QED) is 0.509. The number of alkyl carbamates (subject to hydrolysis) is 1. The van der Waals surface area contributed by atoms with E-state index in [2.05, 4.69) is 15.4 Å². The summed E-state index contributed by atoms with van der Waals surface area (Å²) in [6, 6.07) is 18.1. The number of allylic oxidation sites excluding steroid dienone is 2. The number of Topliss-reactive ketones (excluding diaryl/α,β-unsaturated/α-hetero) is 1. The van der Waals surface area contributed by atoms with E-state index in [0.717, 1.165) is 11.1 Å². The molecule has 1 aliphatic rings. The van der Waals surface area contributed by atoms with E-state index in [1.165, 1.54) is 13.2 Å². The van der Waals surface area contributed by atoms with Gasteiger partial charge < -0.3 is 15.5 Å². The summed E-state index contributed by atoms with van der Waals surface area (Å²) in [6.07, 6.45) is 3.14. The Morgan fingerprint density at radius 2 is 1.67 bits per heavy atom. The zero-order chi connectivity index (χ0) is 21.5. The number of carbonyl (C=O) groups is 2. The van der Waals surface area contributed by atoms with Gasteiger partial charge in [0.05, 0.1) is 18.9 Å². The Bertz CT molecular complexity index is 1030. The van der Waals surface area contributed by atoms with Crippen molar-refractivity contribution in [2.75, 3.05) is 7.11 Å². The second-order valence-electron chi connectivity index (χ2n) is 6.65. The molecule has 0 radical (unpaired) electrons. The van der Waals surface area contributed by atoms with E-state index < -0.39 is 12.1 Å². The molecule has 3 rings (SSSR count). The molecule has 0 saturated carbocycles. The van der Waals surface area contributed by atoms with Crippen LogP contribution in [0.15, 0.2) is 84.0 Å². The number of hydrogen-bond donors (Lipinski definition) is 3. The highest BCUT2D eigenvalue weighted by molar-refractivity contribution is 7.80. The fourth-order valence-corrected chi connectivity index (χ4v) is 3.33. The third kappa shape index (κ3) is 5.27. The normalized spacial score (nSPS) is 15.5. The summed E-state index contributed by atoms with van der Waals surface area (Å²) in [5.74, 6) is -0.153. The van der Waals surface area contributed by atoms with Crippen LogP contribution in [0, 0.1) is 5.41 Å². The minimum absolute atomic E-state index is 0.0433. The molecule has 0 fully saturated rings. The van der Waals surface area contributed by atoms with Gasteiger partial charge in [0.2, 0.25) is 0 Å². The molecule has 0 saturated heterocycles. The minimum atomic E-state index is -0.695. The summed E-state index contributed by atoms with van der Waals surface area (Å²) >= 11 is 5.17. The first-order valence-corrected chi connectivity index (χ1v) is 9.68. The molecule has 2 aromatic rings. The number of hydrogen-bond acceptors (Lipinski definition) is 5. The van der Waals surface area contributed by atoms with Crippen molar-refractivity contribution in [2.24, 2.45) is 0 Å². The first-order valence-electron chi connectivity index (χ1n) is 9.27. The number of thiocarbonyl (C=S) groups is 1. The molecule has 1 aliphatic carbocycles. The third-order valence-electron chi connectivity index (χ3n) is 4.56. The van der Waals surface area contributed by atoms with Crippen molar-refractivity contribution in [2.45, 2.75) is 12.5 Å². The molecule has 1 amide bonds. The number of nitrogens with one attached hydrogen (secondary N) is 3. The summed E-state index contributed by atoms with van der Waals surface area (Å²) in [5.41, 5.74) is 2.99. The molecule has 0 bridgehead atoms. The van der Waals surface area contributed by atoms with E-state index in [1.54, 1.807) is 30.3 Å². The average Bonchev–Trinajstić information content (AvgIpc) is 2.76. The van der Waals surface area contributed by atoms with Crippen molar-refractivity contribution in [3.05, 3.63) is 95.1 Å². The molecule has 0 aromatic heterocycles. The fraction of sp³-hybridized carbons (Fsp3) is 0.130. The first kappa shape index (κ1) is 21.1. The predicted molar refractivity (Wildman–Crippen MR) is 120 cm³/mol. The largest absolute Gasteiger partial charge is 0.453 e. The van der Waals surface area contributed by atoms with E-state index in [-0.39, 0.29) is 16.6 Å². The molecule has 30 heavy (non-hydrogen) atoms. The fourth-order valence-electron chi connectivity index (χ4n) is 3.13. The Kier molecular flexibility index (Phi) is 6.87. The molecule has 6 nitrogen and oxygen atoms in total. The maximum atomic E-state index is 12.9. The summed E-state index contributed by atoms with van der Waals surface area (Å²) in [6.45, 7) is 0. The Balaban J connectivity index is 1.89. The zero-order valence-electron chi connectivity index (χ0n) is 16.3. The van der Waals surface area contributed by atoms with E-state index in [4.69, 9.17) is 17.6 Å². The first-order chi connectivity index (χ1) is 14.5. The van der Waals surface area contributed by atoms with Crippen LogP contribution in [0.1, 0.15) is 15.9 Å². The van der Waals surface area contributed by atoms with Gasteiger partial charge in [0.25, 0.3) is 0 Å². The lowest BCUT2D eigenvalue weighted by molar-refractivity contribution is 0.103. The van der Waals surface area contributed by atoms with Crippen molar-refractivity contribution in [3.63, 3.8) is 0 Å². The van der Waals surface area contributed by atoms with Crippen molar-refractivity contribution < 1.29 is 14.3 Å². The SMILES string of the molecule is COC(=O)NC(=S)NC1C(=N)C=C(C(=O)c2ccccc2)C=C1Cc1ccccc1. The van der Waals surface area contributed by atoms with Crippen molar-refractivity contribution >= 4 is 34.9 Å². The average molecular weight is 420 g/mol. The minimum Gasteiger partial charge on any atom is -0.453 e. The summed E-state index contributed by atoms with van der Waals surface area (Å²) in [7, 11) is 1.24. The van der Waals surface area contributed by atoms with E-state index >= 15 is 0 Å². The van der Waals surface area contributed by atoms with Gasteiger partial charge in [-0.15, -0.1) is 0 Å². The molecule has 0 aliphatic heterocycles. The van der Waals surface area contributed by atoms with E-state index in [9.17, 15) is 9.59 Å². The molecule has 152 valence electrons. The van der Waals surface area contributed by atoms with Crippen LogP contribution in [0.4, 0.5) is 4.79 Å². The number of carbonyl (C=O) groups excluding carboxylic acids is 2. The molecule has 7 heteroatoms. The van der Waals surface area contributed by atoms with Crippen LogP contribution >= 0.6 is 12.2 Å². The Morgan fingerprint density at radius 3 is 2.30 bits per heavy atom. The third-order valence-corrected chi connectivity index (χ3v) is 4.78. The van der Waals surface area contributed by atoms with Crippen LogP contribution in [-0.2, 0) is 11.2 Å². The highest BCUT2D eigenvalue weighted by atomic mass is 32.1. The van der Waals surface area contributed by atoms with Gasteiger partial charge in [0, 0.05) is 11.1 Å². The predicted octanol–water partition coefficient (Wildman–Crippen LogP) is 3.60. The Morgan fingerprint density at radius 1 is 1.03 bits per heavy atom. The van der Waals surface area contributed by atoms with Gasteiger partial charge in [-0.2, -0.15) is 0 Å². The second-order valence-corrected chi connectivity index (χ2v) is 7.06. The lowest BCUT2D eigenvalue weighted by Gasteiger charge is -2.26. The standard InChI is InChI=1S/C23H21N3O3S/c1-29-23(28)26-22(30)25-20-17(12-15-8-4-2-5-9-15)13-18(14-19(20)24)21(27)16-10-6-3-7-11-16/h2-11,13-14,20,24H,12H2,1H3,(H2,25,26,28,30). The van der Waals surface area contributed by atoms with Crippen molar-refractivity contribution in [1.82, 2.24) is 10.6 Å². The van der Waals surface area contributed by atoms with Crippen LogP contribution in [-0.4, -0.2) is 35.9 Å². The van der Waals surface area contributed by atoms with Gasteiger partial charge in [-0.1, -0.05) is 60.7 Å². The monoisotopic (exact) mass is 419 g/mol. The lowest BCUT2D eigenvalue weighted by atomic mass is 9.86. The zero-order valence-corrected chi connectivity index (χ0v) is 17.2. The highest BCUT2D eigenvalue weighted by Crippen LogP contribution is 2.23. The number of benzene rings is 2. The number of ketones is 1. The van der Waals surface area contributed by atoms with Gasteiger partial charge >= 0.3 is 6.09 Å². The number of rotatable bonds is 5. The molecule has 0 spiro atoms. The number of methoxy groups -OCH3 is 1. The summed E-state index contributed by atoms with van der Waals surface area (Å²) in [4.78, 5) is 24.4. The van der Waals surface area contributed by atoms with Crippen LogP contribution in [0.5, 0.6) is 0 Å². The maximum absolute atomic E-state index is 12.9. The summed E-state index contributed by atoms with van der Waals surface area (Å²) < 4.78 is 4.55. The molecule has 1 atom stereocenters. The molecule has 2 aromatic carbocycles. The topological polar surface area (TPSA) is 91.3 Å². The van der Waals surface area contributed by atoms with Crippen LogP contribution in [0.2, 0.25) is 0 Å². The van der Waals surface area contributed by atoms with Crippen LogP contribution in [0.3, 0.4) is 0 Å². The molecule has 3 N–H and O–H groups in total. The van der Waals surface area contributed by atoms with Gasteiger partial charge in [0.1, 0.15) is 0 Å². The van der Waals surface area contributed by atoms with Gasteiger partial charge in [-0.05, 0) is 41.9 Å². The van der Waals surface area contributed by atoms with Crippen LogP contribution in [0.25, 0.3) is 0 Å².